The molecule has 3 atom stereocenters. The van der Waals surface area contributed by atoms with Gasteiger partial charge < -0.3 is 14.6 Å². The predicted octanol–water partition coefficient (Wildman–Crippen LogP) is 2.61. The Morgan fingerprint density at radius 3 is 2.48 bits per heavy atom. The number of carbonyl (C=O) groups is 3. The third kappa shape index (κ3) is 3.52. The fourth-order valence-corrected chi connectivity index (χ4v) is 4.65. The van der Waals surface area contributed by atoms with Crippen molar-refractivity contribution in [2.45, 2.75) is 51.0 Å². The van der Waals surface area contributed by atoms with Crippen LogP contribution in [0.5, 0.6) is 0 Å². The second-order valence-corrected chi connectivity index (χ2v) is 8.64. The first kappa shape index (κ1) is 18.2. The van der Waals surface area contributed by atoms with E-state index in [1.807, 2.05) is 30.0 Å². The lowest BCUT2D eigenvalue weighted by Gasteiger charge is -2.43. The maximum atomic E-state index is 13.1. The number of piperazine rings is 1. The van der Waals surface area contributed by atoms with Crippen LogP contribution in [0, 0.1) is 11.8 Å². The van der Waals surface area contributed by atoms with Crippen molar-refractivity contribution in [3.63, 3.8) is 0 Å². The Morgan fingerprint density at radius 1 is 1.15 bits per heavy atom. The van der Waals surface area contributed by atoms with Gasteiger partial charge in [0.15, 0.2) is 0 Å². The smallest absolute Gasteiger partial charge is 0.226 e. The number of rotatable bonds is 5. The summed E-state index contributed by atoms with van der Waals surface area (Å²) in [4.78, 5) is 41.1. The summed E-state index contributed by atoms with van der Waals surface area (Å²) in [7, 11) is 0. The summed E-state index contributed by atoms with van der Waals surface area (Å²) in [5.41, 5.74) is 1.11. The molecule has 1 heterocycles. The fourth-order valence-electron chi connectivity index (χ4n) is 4.65. The Bertz CT molecular complexity index is 756. The Labute approximate surface area is 160 Å². The van der Waals surface area contributed by atoms with Crippen LogP contribution in [0.1, 0.15) is 51.0 Å². The van der Waals surface area contributed by atoms with Crippen molar-refractivity contribution in [2.24, 2.45) is 11.8 Å². The maximum Gasteiger partial charge on any atom is 0.226 e. The summed E-state index contributed by atoms with van der Waals surface area (Å²) in [5.74, 6) is 0.550. The molecule has 1 aromatic rings. The van der Waals surface area contributed by atoms with E-state index < -0.39 is 0 Å². The van der Waals surface area contributed by atoms with Crippen LogP contribution in [-0.2, 0) is 14.4 Å². The molecule has 2 amide bonds. The Morgan fingerprint density at radius 2 is 1.85 bits per heavy atom. The molecule has 1 aliphatic heterocycles. The second kappa shape index (κ2) is 6.77. The van der Waals surface area contributed by atoms with Gasteiger partial charge in [0, 0.05) is 37.9 Å². The number of nitrogens with zero attached hydrogens (tertiary/aromatic N) is 2. The number of ketones is 1. The molecule has 1 saturated heterocycles. The molecular formula is C22H28N2O3. The van der Waals surface area contributed by atoms with Crippen molar-refractivity contribution in [3.8, 4) is 0 Å². The highest BCUT2D eigenvalue weighted by Gasteiger charge is 2.57. The number of hydrogen-bond acceptors (Lipinski definition) is 3. The first-order valence-electron chi connectivity index (χ1n) is 10.1. The van der Waals surface area contributed by atoms with Crippen molar-refractivity contribution in [1.82, 2.24) is 9.80 Å². The van der Waals surface area contributed by atoms with Gasteiger partial charge in [-0.25, -0.2) is 0 Å². The minimum absolute atomic E-state index is 0.0477. The van der Waals surface area contributed by atoms with Gasteiger partial charge in [-0.2, -0.15) is 0 Å². The van der Waals surface area contributed by atoms with Gasteiger partial charge in [-0.3, -0.25) is 9.59 Å². The second-order valence-electron chi connectivity index (χ2n) is 8.64. The van der Waals surface area contributed by atoms with Crippen LogP contribution in [-0.4, -0.2) is 52.6 Å². The van der Waals surface area contributed by atoms with Crippen LogP contribution < -0.4 is 0 Å². The minimum Gasteiger partial charge on any atom is -0.338 e. The normalized spacial score (nSPS) is 26.6. The van der Waals surface area contributed by atoms with Crippen molar-refractivity contribution < 1.29 is 14.4 Å². The largest absolute Gasteiger partial charge is 0.338 e. The van der Waals surface area contributed by atoms with Gasteiger partial charge >= 0.3 is 0 Å². The molecule has 27 heavy (non-hydrogen) atoms. The average Bonchev–Trinajstić information content (AvgIpc) is 3.57. The van der Waals surface area contributed by atoms with Gasteiger partial charge in [-0.1, -0.05) is 37.3 Å². The average molecular weight is 368 g/mol. The predicted molar refractivity (Wildman–Crippen MR) is 102 cm³/mol. The van der Waals surface area contributed by atoms with E-state index in [0.29, 0.717) is 32.0 Å². The SMILES string of the molecule is CC(=O)CC(C)C(=O)N1CCN(C(=O)C2CC2c2ccccc2)C2(CC2)C1. The highest BCUT2D eigenvalue weighted by atomic mass is 16.2. The molecule has 0 N–H and O–H groups in total. The fraction of sp³-hybridized carbons (Fsp3) is 0.591. The molecule has 0 aromatic heterocycles. The standard InChI is InChI=1S/C22H28N2O3/c1-15(12-16(2)25)20(26)23-10-11-24(22(14-23)8-9-22)21(27)19-13-18(19)17-6-4-3-5-7-17/h3-7,15,18-19H,8-14H2,1-2H3. The molecule has 1 spiro atoms. The lowest BCUT2D eigenvalue weighted by molar-refractivity contribution is -0.147. The zero-order valence-electron chi connectivity index (χ0n) is 16.2. The van der Waals surface area contributed by atoms with Crippen molar-refractivity contribution in [3.05, 3.63) is 35.9 Å². The lowest BCUT2D eigenvalue weighted by atomic mass is 10.0. The zero-order chi connectivity index (χ0) is 19.2. The third-order valence-corrected chi connectivity index (χ3v) is 6.41. The maximum absolute atomic E-state index is 13.1. The molecule has 3 unspecified atom stereocenters. The first-order valence-corrected chi connectivity index (χ1v) is 10.1. The van der Waals surface area contributed by atoms with E-state index in [0.717, 1.165) is 19.3 Å². The molecule has 4 rings (SSSR count). The molecule has 0 radical (unpaired) electrons. The summed E-state index contributed by atoms with van der Waals surface area (Å²) in [6, 6.07) is 10.3. The molecule has 2 saturated carbocycles. The number of amides is 2. The summed E-state index contributed by atoms with van der Waals surface area (Å²) in [6.07, 6.45) is 3.19. The number of hydrogen-bond donors (Lipinski definition) is 0. The number of carbonyl (C=O) groups excluding carboxylic acids is 3. The summed E-state index contributed by atoms with van der Waals surface area (Å²) in [5, 5.41) is 0. The van der Waals surface area contributed by atoms with Gasteiger partial charge in [0.1, 0.15) is 5.78 Å². The van der Waals surface area contributed by atoms with E-state index in [-0.39, 0.29) is 35.0 Å². The van der Waals surface area contributed by atoms with Gasteiger partial charge in [-0.15, -0.1) is 0 Å². The van der Waals surface area contributed by atoms with Crippen LogP contribution in [0.25, 0.3) is 0 Å². The molecule has 1 aromatic carbocycles. The van der Waals surface area contributed by atoms with Gasteiger partial charge in [0.2, 0.25) is 11.8 Å². The Hall–Kier alpha value is -2.17. The number of Topliss-reactive ketones (excluding diaryl/α,β-unsaturated/α-hetero) is 1. The van der Waals surface area contributed by atoms with E-state index in [4.69, 9.17) is 0 Å². The highest BCUT2D eigenvalue weighted by molar-refractivity contribution is 5.87. The van der Waals surface area contributed by atoms with E-state index in [1.165, 1.54) is 12.5 Å². The molecule has 2 aliphatic carbocycles. The lowest BCUT2D eigenvalue weighted by Crippen LogP contribution is -2.59. The molecule has 5 nitrogen and oxygen atoms in total. The van der Waals surface area contributed by atoms with Crippen molar-refractivity contribution in [1.29, 1.82) is 0 Å². The third-order valence-electron chi connectivity index (χ3n) is 6.41. The van der Waals surface area contributed by atoms with Crippen molar-refractivity contribution in [2.75, 3.05) is 19.6 Å². The summed E-state index contributed by atoms with van der Waals surface area (Å²) >= 11 is 0. The van der Waals surface area contributed by atoms with Gasteiger partial charge in [0.25, 0.3) is 0 Å². The first-order chi connectivity index (χ1) is 12.9. The topological polar surface area (TPSA) is 57.7 Å². The number of benzene rings is 1. The monoisotopic (exact) mass is 368 g/mol. The molecule has 3 aliphatic rings. The summed E-state index contributed by atoms with van der Waals surface area (Å²) in [6.45, 7) is 5.19. The molecule has 5 heteroatoms. The van der Waals surface area contributed by atoms with E-state index in [2.05, 4.69) is 17.0 Å². The molecule has 0 bridgehead atoms. The van der Waals surface area contributed by atoms with Crippen LogP contribution in [0.4, 0.5) is 0 Å². The minimum atomic E-state index is -0.272. The van der Waals surface area contributed by atoms with Crippen LogP contribution in [0.2, 0.25) is 0 Å². The molecule has 144 valence electrons. The molecular weight excluding hydrogens is 340 g/mol. The van der Waals surface area contributed by atoms with Crippen molar-refractivity contribution >= 4 is 17.6 Å². The van der Waals surface area contributed by atoms with Gasteiger partial charge in [-0.05, 0) is 37.7 Å². The zero-order valence-corrected chi connectivity index (χ0v) is 16.2. The van der Waals surface area contributed by atoms with E-state index in [1.54, 1.807) is 0 Å². The summed E-state index contributed by atoms with van der Waals surface area (Å²) < 4.78 is 0. The molecule has 3 fully saturated rings. The quantitative estimate of drug-likeness (QED) is 0.803. The highest BCUT2D eigenvalue weighted by Crippen LogP contribution is 2.52. The van der Waals surface area contributed by atoms with E-state index in [9.17, 15) is 14.4 Å². The van der Waals surface area contributed by atoms with Crippen LogP contribution in [0.3, 0.4) is 0 Å². The van der Waals surface area contributed by atoms with Gasteiger partial charge in [0.05, 0.1) is 5.54 Å². The Balaban J connectivity index is 1.39. The Kier molecular flexibility index (Phi) is 4.57. The van der Waals surface area contributed by atoms with E-state index >= 15 is 0 Å². The van der Waals surface area contributed by atoms with Crippen LogP contribution >= 0.6 is 0 Å². The van der Waals surface area contributed by atoms with Crippen LogP contribution in [0.15, 0.2) is 30.3 Å².